The first kappa shape index (κ1) is 14.7. The maximum Gasteiger partial charge on any atom is 0.211 e. The molecule has 6 heteroatoms. The van der Waals surface area contributed by atoms with Gasteiger partial charge in [0.25, 0.3) is 0 Å². The number of alkyl halides is 1. The van der Waals surface area contributed by atoms with Crippen LogP contribution >= 0.6 is 11.6 Å². The van der Waals surface area contributed by atoms with Gasteiger partial charge in [0.05, 0.1) is 18.6 Å². The first-order chi connectivity index (χ1) is 7.12. The van der Waals surface area contributed by atoms with Crippen molar-refractivity contribution in [3.05, 3.63) is 12.8 Å². The van der Waals surface area contributed by atoms with Crippen molar-refractivity contribution < 1.29 is 13.2 Å². The summed E-state index contributed by atoms with van der Waals surface area (Å²) in [4.78, 5) is 0. The third-order valence-electron chi connectivity index (χ3n) is 1.68. The van der Waals surface area contributed by atoms with Gasteiger partial charge < -0.3 is 4.74 Å². The van der Waals surface area contributed by atoms with Crippen LogP contribution in [-0.2, 0) is 14.8 Å². The molecule has 15 heavy (non-hydrogen) atoms. The Bertz CT molecular complexity index is 254. The lowest BCUT2D eigenvalue weighted by Gasteiger charge is -2.05. The van der Waals surface area contributed by atoms with E-state index in [9.17, 15) is 8.42 Å². The minimum absolute atomic E-state index is 0.141. The highest BCUT2D eigenvalue weighted by Gasteiger charge is 2.07. The third kappa shape index (κ3) is 10.0. The van der Waals surface area contributed by atoms with Gasteiger partial charge in [-0.05, 0) is 19.3 Å². The second-order valence-corrected chi connectivity index (χ2v) is 5.30. The summed E-state index contributed by atoms with van der Waals surface area (Å²) in [5.41, 5.74) is 0. The quantitative estimate of drug-likeness (QED) is 0.365. The Balaban J connectivity index is 3.51. The zero-order valence-corrected chi connectivity index (χ0v) is 10.3. The largest absolute Gasteiger partial charge is 0.502 e. The van der Waals surface area contributed by atoms with Crippen LogP contribution < -0.4 is 4.72 Å². The molecule has 0 spiro atoms. The Morgan fingerprint density at radius 1 is 1.33 bits per heavy atom. The van der Waals surface area contributed by atoms with E-state index in [1.807, 2.05) is 0 Å². The second-order valence-electron chi connectivity index (χ2n) is 3.00. The van der Waals surface area contributed by atoms with Crippen molar-refractivity contribution in [2.45, 2.75) is 19.3 Å². The Labute approximate surface area is 96.7 Å². The summed E-state index contributed by atoms with van der Waals surface area (Å²) < 4.78 is 30.0. The van der Waals surface area contributed by atoms with Crippen molar-refractivity contribution in [3.63, 3.8) is 0 Å². The number of halogens is 1. The van der Waals surface area contributed by atoms with E-state index in [2.05, 4.69) is 11.3 Å². The first-order valence-corrected chi connectivity index (χ1v) is 7.07. The van der Waals surface area contributed by atoms with Gasteiger partial charge in [0.15, 0.2) is 0 Å². The van der Waals surface area contributed by atoms with Gasteiger partial charge in [-0.15, -0.1) is 11.6 Å². The van der Waals surface area contributed by atoms with Crippen LogP contribution in [0.2, 0.25) is 0 Å². The Hall–Kier alpha value is -0.260. The minimum Gasteiger partial charge on any atom is -0.502 e. The van der Waals surface area contributed by atoms with Crippen LogP contribution in [0.1, 0.15) is 19.3 Å². The number of unbranched alkanes of at least 4 members (excludes halogenated alkanes) is 1. The Kier molecular flexibility index (Phi) is 8.85. The molecule has 0 radical (unpaired) electrons. The monoisotopic (exact) mass is 255 g/mol. The normalized spacial score (nSPS) is 11.3. The highest BCUT2D eigenvalue weighted by molar-refractivity contribution is 7.89. The lowest BCUT2D eigenvalue weighted by atomic mass is 10.4. The van der Waals surface area contributed by atoms with E-state index in [1.54, 1.807) is 0 Å². The number of hydrogen-bond acceptors (Lipinski definition) is 3. The van der Waals surface area contributed by atoms with E-state index in [0.29, 0.717) is 31.9 Å². The molecule has 0 amide bonds. The standard InChI is InChI=1S/C9H18ClNO3S/c1-2-14-8-5-7-11-15(12,13)9-4-3-6-10/h2,11H,1,3-9H2. The molecule has 0 heterocycles. The summed E-state index contributed by atoms with van der Waals surface area (Å²) in [5, 5.41) is 0. The van der Waals surface area contributed by atoms with Crippen LogP contribution in [0.15, 0.2) is 12.8 Å². The van der Waals surface area contributed by atoms with Crippen molar-refractivity contribution in [3.8, 4) is 0 Å². The number of rotatable bonds is 10. The third-order valence-corrected chi connectivity index (χ3v) is 3.41. The number of nitrogens with one attached hydrogen (secondary N) is 1. The molecular weight excluding hydrogens is 238 g/mol. The van der Waals surface area contributed by atoms with Gasteiger partial charge >= 0.3 is 0 Å². The maximum atomic E-state index is 11.3. The highest BCUT2D eigenvalue weighted by atomic mass is 35.5. The molecular formula is C9H18ClNO3S. The summed E-state index contributed by atoms with van der Waals surface area (Å²) >= 11 is 5.45. The molecule has 0 saturated carbocycles. The summed E-state index contributed by atoms with van der Waals surface area (Å²) in [5.74, 6) is 0.644. The minimum atomic E-state index is -3.13. The molecule has 0 aliphatic carbocycles. The fourth-order valence-electron chi connectivity index (χ4n) is 0.925. The SMILES string of the molecule is C=COCCCNS(=O)(=O)CCCCCl. The average molecular weight is 256 g/mol. The number of ether oxygens (including phenoxy) is 1. The van der Waals surface area contributed by atoms with Crippen molar-refractivity contribution in [2.24, 2.45) is 0 Å². The van der Waals surface area contributed by atoms with E-state index in [-0.39, 0.29) is 5.75 Å². The van der Waals surface area contributed by atoms with Crippen LogP contribution in [0.5, 0.6) is 0 Å². The highest BCUT2D eigenvalue weighted by Crippen LogP contribution is 1.96. The summed E-state index contributed by atoms with van der Waals surface area (Å²) in [6.07, 6.45) is 3.31. The van der Waals surface area contributed by atoms with Crippen molar-refractivity contribution in [1.82, 2.24) is 4.72 Å². The molecule has 90 valence electrons. The van der Waals surface area contributed by atoms with Crippen molar-refractivity contribution >= 4 is 21.6 Å². The lowest BCUT2D eigenvalue weighted by Crippen LogP contribution is -2.27. The Morgan fingerprint density at radius 2 is 2.07 bits per heavy atom. The summed E-state index contributed by atoms with van der Waals surface area (Å²) in [7, 11) is -3.13. The van der Waals surface area contributed by atoms with Gasteiger partial charge in [0.1, 0.15) is 0 Å². The second kappa shape index (κ2) is 9.00. The maximum absolute atomic E-state index is 11.3. The van der Waals surface area contributed by atoms with Gasteiger partial charge in [-0.3, -0.25) is 0 Å². The van der Waals surface area contributed by atoms with Gasteiger partial charge in [-0.1, -0.05) is 6.58 Å². The molecule has 0 aromatic carbocycles. The fraction of sp³-hybridized carbons (Fsp3) is 0.778. The van der Waals surface area contributed by atoms with Gasteiger partial charge in [0, 0.05) is 12.4 Å². The number of sulfonamides is 1. The predicted molar refractivity (Wildman–Crippen MR) is 62.5 cm³/mol. The van der Waals surface area contributed by atoms with Gasteiger partial charge in [-0.2, -0.15) is 0 Å². The number of hydrogen-bond donors (Lipinski definition) is 1. The molecule has 0 aromatic heterocycles. The molecule has 4 nitrogen and oxygen atoms in total. The molecule has 0 saturated heterocycles. The van der Waals surface area contributed by atoms with Crippen molar-refractivity contribution in [1.29, 1.82) is 0 Å². The smallest absolute Gasteiger partial charge is 0.211 e. The molecule has 0 aliphatic rings. The zero-order chi connectivity index (χ0) is 11.6. The van der Waals surface area contributed by atoms with E-state index in [0.717, 1.165) is 6.42 Å². The molecule has 0 unspecified atom stereocenters. The van der Waals surface area contributed by atoms with Gasteiger partial charge in [-0.25, -0.2) is 13.1 Å². The average Bonchev–Trinajstić information content (AvgIpc) is 2.17. The lowest BCUT2D eigenvalue weighted by molar-refractivity contribution is 0.247. The molecule has 0 aliphatic heterocycles. The fourth-order valence-corrected chi connectivity index (χ4v) is 2.30. The van der Waals surface area contributed by atoms with E-state index in [1.165, 1.54) is 6.26 Å². The molecule has 0 bridgehead atoms. The molecule has 0 rings (SSSR count). The Morgan fingerprint density at radius 3 is 2.67 bits per heavy atom. The zero-order valence-electron chi connectivity index (χ0n) is 8.75. The van der Waals surface area contributed by atoms with E-state index < -0.39 is 10.0 Å². The van der Waals surface area contributed by atoms with Crippen molar-refractivity contribution in [2.75, 3.05) is 24.8 Å². The topological polar surface area (TPSA) is 55.4 Å². The van der Waals surface area contributed by atoms with E-state index >= 15 is 0 Å². The first-order valence-electron chi connectivity index (χ1n) is 4.88. The van der Waals surface area contributed by atoms with Gasteiger partial charge in [0.2, 0.25) is 10.0 Å². The predicted octanol–water partition coefficient (Wildman–Crippen LogP) is 1.47. The summed E-state index contributed by atoms with van der Waals surface area (Å²) in [6, 6.07) is 0. The molecule has 0 atom stereocenters. The summed E-state index contributed by atoms with van der Waals surface area (Å²) in [6.45, 7) is 4.26. The van der Waals surface area contributed by atoms with Crippen LogP contribution in [-0.4, -0.2) is 33.2 Å². The molecule has 0 fully saturated rings. The molecule has 0 aromatic rings. The van der Waals surface area contributed by atoms with Crippen LogP contribution in [0.3, 0.4) is 0 Å². The van der Waals surface area contributed by atoms with E-state index in [4.69, 9.17) is 16.3 Å². The van der Waals surface area contributed by atoms with Crippen LogP contribution in [0.25, 0.3) is 0 Å². The molecule has 1 N–H and O–H groups in total. The van der Waals surface area contributed by atoms with Crippen LogP contribution in [0, 0.1) is 0 Å². The van der Waals surface area contributed by atoms with Crippen LogP contribution in [0.4, 0.5) is 0 Å².